The number of likely N-dealkylation sites (N-methyl/N-ethyl adjacent to an activating group) is 1. The zero-order chi connectivity index (χ0) is 8.69. The van der Waals surface area contributed by atoms with Crippen LogP contribution in [0.4, 0.5) is 0 Å². The molecule has 0 saturated heterocycles. The van der Waals surface area contributed by atoms with Crippen LogP contribution in [0.2, 0.25) is 0 Å². The van der Waals surface area contributed by atoms with Crippen molar-refractivity contribution in [2.45, 2.75) is 0 Å². The number of hydrogen-bond donors (Lipinski definition) is 0. The van der Waals surface area contributed by atoms with Crippen molar-refractivity contribution in [1.29, 1.82) is 0 Å². The quantitative estimate of drug-likeness (QED) is 0.315. The van der Waals surface area contributed by atoms with Gasteiger partial charge in [0.05, 0.1) is 6.54 Å². The van der Waals surface area contributed by atoms with Gasteiger partial charge in [0.15, 0.2) is 0 Å². The van der Waals surface area contributed by atoms with Crippen molar-refractivity contribution in [1.82, 2.24) is 4.90 Å². The Morgan fingerprint density at radius 2 is 2.36 bits per heavy atom. The Labute approximate surface area is 65.4 Å². The monoisotopic (exact) mass is 157 g/mol. The first-order valence-electron chi connectivity index (χ1n) is 3.15. The van der Waals surface area contributed by atoms with E-state index in [4.69, 9.17) is 0 Å². The third-order valence-corrected chi connectivity index (χ3v) is 1.16. The molecule has 0 atom stereocenters. The Hall–Kier alpha value is -1.32. The standard InChI is InChI=1S/C7H11NO3/c1-3-7(10)8(2)4-5-11-6-9/h3,6H,1,4-5H2,2H3. The van der Waals surface area contributed by atoms with Gasteiger partial charge in [0.25, 0.3) is 6.47 Å². The fourth-order valence-electron chi connectivity index (χ4n) is 0.504. The van der Waals surface area contributed by atoms with Crippen molar-refractivity contribution >= 4 is 12.4 Å². The summed E-state index contributed by atoms with van der Waals surface area (Å²) in [4.78, 5) is 21.9. The lowest BCUT2D eigenvalue weighted by Gasteiger charge is -2.13. The number of rotatable bonds is 5. The van der Waals surface area contributed by atoms with Crippen molar-refractivity contribution in [3.05, 3.63) is 12.7 Å². The lowest BCUT2D eigenvalue weighted by molar-refractivity contribution is -0.132. The maximum atomic E-state index is 10.8. The highest BCUT2D eigenvalue weighted by molar-refractivity contribution is 5.86. The lowest BCUT2D eigenvalue weighted by atomic mass is 10.5. The van der Waals surface area contributed by atoms with Crippen molar-refractivity contribution in [3.8, 4) is 0 Å². The third kappa shape index (κ3) is 4.13. The molecular formula is C7H11NO3. The molecule has 0 spiro atoms. The summed E-state index contributed by atoms with van der Waals surface area (Å²) in [6.45, 7) is 4.28. The van der Waals surface area contributed by atoms with Crippen molar-refractivity contribution < 1.29 is 14.3 Å². The lowest BCUT2D eigenvalue weighted by Crippen LogP contribution is -2.28. The van der Waals surface area contributed by atoms with Crippen molar-refractivity contribution in [3.63, 3.8) is 0 Å². The molecule has 62 valence electrons. The van der Waals surface area contributed by atoms with Crippen LogP contribution in [0.5, 0.6) is 0 Å². The highest BCUT2D eigenvalue weighted by Gasteiger charge is 2.01. The van der Waals surface area contributed by atoms with Gasteiger partial charge in [-0.2, -0.15) is 0 Å². The average molecular weight is 157 g/mol. The minimum absolute atomic E-state index is 0.181. The van der Waals surface area contributed by atoms with E-state index in [1.54, 1.807) is 7.05 Å². The van der Waals surface area contributed by atoms with Gasteiger partial charge >= 0.3 is 0 Å². The predicted molar refractivity (Wildman–Crippen MR) is 39.9 cm³/mol. The summed E-state index contributed by atoms with van der Waals surface area (Å²) in [5.74, 6) is -0.181. The smallest absolute Gasteiger partial charge is 0.293 e. The van der Waals surface area contributed by atoms with Crippen LogP contribution in [-0.4, -0.2) is 37.5 Å². The van der Waals surface area contributed by atoms with E-state index in [2.05, 4.69) is 11.3 Å². The van der Waals surface area contributed by atoms with Crippen molar-refractivity contribution in [2.75, 3.05) is 20.2 Å². The van der Waals surface area contributed by atoms with Gasteiger partial charge in [-0.1, -0.05) is 6.58 Å². The van der Waals surface area contributed by atoms with E-state index < -0.39 is 0 Å². The molecule has 0 aromatic heterocycles. The molecule has 0 rings (SSSR count). The molecular weight excluding hydrogens is 146 g/mol. The highest BCUT2D eigenvalue weighted by Crippen LogP contribution is 1.84. The Morgan fingerprint density at radius 1 is 1.73 bits per heavy atom. The second kappa shape index (κ2) is 5.46. The van der Waals surface area contributed by atoms with E-state index in [1.165, 1.54) is 11.0 Å². The first-order chi connectivity index (χ1) is 5.22. The molecule has 0 fully saturated rings. The number of hydrogen-bond acceptors (Lipinski definition) is 3. The molecule has 0 aliphatic rings. The van der Waals surface area contributed by atoms with Crippen LogP contribution in [-0.2, 0) is 14.3 Å². The molecule has 4 nitrogen and oxygen atoms in total. The SMILES string of the molecule is C=CC(=O)N(C)CCOC=O. The summed E-state index contributed by atoms with van der Waals surface area (Å²) in [7, 11) is 1.61. The largest absolute Gasteiger partial charge is 0.466 e. The maximum Gasteiger partial charge on any atom is 0.293 e. The molecule has 0 aromatic rings. The molecule has 1 amide bonds. The molecule has 11 heavy (non-hydrogen) atoms. The van der Waals surface area contributed by atoms with Gasteiger partial charge in [0.1, 0.15) is 6.61 Å². The third-order valence-electron chi connectivity index (χ3n) is 1.16. The van der Waals surface area contributed by atoms with E-state index >= 15 is 0 Å². The van der Waals surface area contributed by atoms with Gasteiger partial charge in [0.2, 0.25) is 5.91 Å². The van der Waals surface area contributed by atoms with Crippen LogP contribution in [0.15, 0.2) is 12.7 Å². The second-order valence-electron chi connectivity index (χ2n) is 1.93. The van der Waals surface area contributed by atoms with Gasteiger partial charge in [-0.05, 0) is 6.08 Å². The highest BCUT2D eigenvalue weighted by atomic mass is 16.5. The Balaban J connectivity index is 3.51. The number of amides is 1. The molecule has 0 heterocycles. The summed E-state index contributed by atoms with van der Waals surface area (Å²) < 4.78 is 4.39. The van der Waals surface area contributed by atoms with Gasteiger partial charge in [-0.15, -0.1) is 0 Å². The topological polar surface area (TPSA) is 46.6 Å². The number of carbonyl (C=O) groups is 2. The molecule has 4 heteroatoms. The molecule has 0 unspecified atom stereocenters. The molecule has 0 aromatic carbocycles. The Morgan fingerprint density at radius 3 is 2.82 bits per heavy atom. The van der Waals surface area contributed by atoms with E-state index in [9.17, 15) is 9.59 Å². The van der Waals surface area contributed by atoms with Gasteiger partial charge in [-0.3, -0.25) is 9.59 Å². The predicted octanol–water partition coefficient (Wildman–Crippen LogP) is -0.196. The normalized spacial score (nSPS) is 8.45. The van der Waals surface area contributed by atoms with Gasteiger partial charge in [0, 0.05) is 7.05 Å². The van der Waals surface area contributed by atoms with Crippen molar-refractivity contribution in [2.24, 2.45) is 0 Å². The minimum atomic E-state index is -0.181. The second-order valence-corrected chi connectivity index (χ2v) is 1.93. The van der Waals surface area contributed by atoms with Crippen LogP contribution in [0, 0.1) is 0 Å². The zero-order valence-corrected chi connectivity index (χ0v) is 6.45. The van der Waals surface area contributed by atoms with E-state index in [0.717, 1.165) is 0 Å². The summed E-state index contributed by atoms with van der Waals surface area (Å²) in [6, 6.07) is 0. The molecule has 0 saturated carbocycles. The molecule has 0 radical (unpaired) electrons. The fourth-order valence-corrected chi connectivity index (χ4v) is 0.504. The Kier molecular flexibility index (Phi) is 4.81. The minimum Gasteiger partial charge on any atom is -0.466 e. The summed E-state index contributed by atoms with van der Waals surface area (Å²) >= 11 is 0. The van der Waals surface area contributed by atoms with Crippen LogP contribution >= 0.6 is 0 Å². The van der Waals surface area contributed by atoms with E-state index in [1.807, 2.05) is 0 Å². The molecule has 0 aliphatic heterocycles. The zero-order valence-electron chi connectivity index (χ0n) is 6.45. The Bertz CT molecular complexity index is 156. The van der Waals surface area contributed by atoms with Crippen LogP contribution < -0.4 is 0 Å². The number of ether oxygens (including phenoxy) is 1. The van der Waals surface area contributed by atoms with E-state index in [-0.39, 0.29) is 12.5 Å². The average Bonchev–Trinajstić information content (AvgIpc) is 2.03. The summed E-state index contributed by atoms with van der Waals surface area (Å²) in [5, 5.41) is 0. The molecule has 0 N–H and O–H groups in total. The molecule has 0 bridgehead atoms. The summed E-state index contributed by atoms with van der Waals surface area (Å²) in [6.07, 6.45) is 1.21. The van der Waals surface area contributed by atoms with Crippen LogP contribution in [0.1, 0.15) is 0 Å². The van der Waals surface area contributed by atoms with Gasteiger partial charge < -0.3 is 9.64 Å². The number of nitrogens with zero attached hydrogens (tertiary/aromatic N) is 1. The number of carbonyl (C=O) groups excluding carboxylic acids is 2. The first-order valence-corrected chi connectivity index (χ1v) is 3.15. The maximum absolute atomic E-state index is 10.8. The fraction of sp³-hybridized carbons (Fsp3) is 0.429. The van der Waals surface area contributed by atoms with Crippen LogP contribution in [0.25, 0.3) is 0 Å². The van der Waals surface area contributed by atoms with Crippen LogP contribution in [0.3, 0.4) is 0 Å². The van der Waals surface area contributed by atoms with Gasteiger partial charge in [-0.25, -0.2) is 0 Å². The molecule has 0 aliphatic carbocycles. The summed E-state index contributed by atoms with van der Waals surface area (Å²) in [5.41, 5.74) is 0. The first kappa shape index (κ1) is 9.68. The van der Waals surface area contributed by atoms with E-state index in [0.29, 0.717) is 13.0 Å².